The number of hydrogen-bond donors (Lipinski definition) is 1. The van der Waals surface area contributed by atoms with Gasteiger partial charge in [0, 0.05) is 23.0 Å². The molecule has 2 heterocycles. The molecule has 0 aliphatic carbocycles. The summed E-state index contributed by atoms with van der Waals surface area (Å²) < 4.78 is 0. The van der Waals surface area contributed by atoms with Crippen molar-refractivity contribution in [3.05, 3.63) is 53.8 Å². The molecule has 0 fully saturated rings. The van der Waals surface area contributed by atoms with Crippen LogP contribution in [-0.2, 0) is 0 Å². The van der Waals surface area contributed by atoms with Crippen LogP contribution < -0.4 is 0 Å². The van der Waals surface area contributed by atoms with Crippen molar-refractivity contribution < 1.29 is 0 Å². The third kappa shape index (κ3) is 1.73. The number of halogens is 1. The minimum Gasteiger partial charge on any atom is -0.338 e. The molecule has 0 radical (unpaired) electrons. The first-order valence-electron chi connectivity index (χ1n) is 6.17. The van der Waals surface area contributed by atoms with Crippen LogP contribution in [0.25, 0.3) is 33.5 Å². The number of imidazole rings is 1. The summed E-state index contributed by atoms with van der Waals surface area (Å²) >= 11 is 6.16. The van der Waals surface area contributed by atoms with E-state index in [2.05, 4.69) is 19.9 Å². The zero-order valence-electron chi connectivity index (χ0n) is 10.3. The van der Waals surface area contributed by atoms with Gasteiger partial charge in [0.1, 0.15) is 5.82 Å². The van der Waals surface area contributed by atoms with Gasteiger partial charge in [-0.15, -0.1) is 0 Å². The molecule has 4 nitrogen and oxygen atoms in total. The molecule has 0 spiro atoms. The fraction of sp³-hybridized carbons (Fsp3) is 0. The molecule has 4 rings (SSSR count). The maximum absolute atomic E-state index is 6.16. The lowest BCUT2D eigenvalue weighted by Gasteiger charge is -2.03. The molecule has 0 aliphatic rings. The lowest BCUT2D eigenvalue weighted by atomic mass is 10.1. The van der Waals surface area contributed by atoms with Crippen LogP contribution in [0.15, 0.2) is 48.8 Å². The van der Waals surface area contributed by atoms with Crippen LogP contribution in [0.4, 0.5) is 0 Å². The Morgan fingerprint density at radius 2 is 1.80 bits per heavy atom. The van der Waals surface area contributed by atoms with Crippen molar-refractivity contribution in [1.29, 1.82) is 0 Å². The molecule has 5 heteroatoms. The van der Waals surface area contributed by atoms with Gasteiger partial charge in [0.25, 0.3) is 0 Å². The molecule has 0 bridgehead atoms. The van der Waals surface area contributed by atoms with Gasteiger partial charge in [-0.05, 0) is 24.3 Å². The van der Waals surface area contributed by atoms with E-state index >= 15 is 0 Å². The number of aromatic nitrogens is 4. The van der Waals surface area contributed by atoms with Crippen molar-refractivity contribution in [1.82, 2.24) is 19.9 Å². The Hall–Kier alpha value is -2.46. The van der Waals surface area contributed by atoms with Crippen LogP contribution in [0.2, 0.25) is 5.02 Å². The van der Waals surface area contributed by atoms with Crippen molar-refractivity contribution in [3.63, 3.8) is 0 Å². The molecule has 0 saturated carbocycles. The highest BCUT2D eigenvalue weighted by atomic mass is 35.5. The van der Waals surface area contributed by atoms with Crippen LogP contribution >= 0.6 is 11.6 Å². The predicted octanol–water partition coefficient (Wildman–Crippen LogP) is 3.83. The van der Waals surface area contributed by atoms with Crippen molar-refractivity contribution in [3.8, 4) is 11.4 Å². The quantitative estimate of drug-likeness (QED) is 0.576. The third-order valence-electron chi connectivity index (χ3n) is 3.18. The van der Waals surface area contributed by atoms with E-state index in [1.54, 1.807) is 18.5 Å². The molecule has 96 valence electrons. The number of aromatic amines is 1. The second-order valence-electron chi connectivity index (χ2n) is 4.48. The van der Waals surface area contributed by atoms with Crippen molar-refractivity contribution >= 4 is 33.7 Å². The average molecular weight is 281 g/mol. The Morgan fingerprint density at radius 3 is 2.70 bits per heavy atom. The number of nitrogens with one attached hydrogen (secondary N) is 1. The van der Waals surface area contributed by atoms with E-state index < -0.39 is 0 Å². The summed E-state index contributed by atoms with van der Waals surface area (Å²) in [4.78, 5) is 16.6. The van der Waals surface area contributed by atoms with Gasteiger partial charge in [0.15, 0.2) is 0 Å². The van der Waals surface area contributed by atoms with E-state index in [4.69, 9.17) is 11.6 Å². The van der Waals surface area contributed by atoms with Crippen LogP contribution in [0, 0.1) is 0 Å². The van der Waals surface area contributed by atoms with Gasteiger partial charge >= 0.3 is 0 Å². The minimum absolute atomic E-state index is 0.619. The summed E-state index contributed by atoms with van der Waals surface area (Å²) in [5, 5.41) is 0.619. The number of para-hydroxylation sites is 2. The molecule has 0 amide bonds. The van der Waals surface area contributed by atoms with Crippen LogP contribution in [0.1, 0.15) is 0 Å². The van der Waals surface area contributed by atoms with Gasteiger partial charge < -0.3 is 4.98 Å². The van der Waals surface area contributed by atoms with E-state index in [-0.39, 0.29) is 0 Å². The number of hydrogen-bond acceptors (Lipinski definition) is 3. The predicted molar refractivity (Wildman–Crippen MR) is 79.6 cm³/mol. The van der Waals surface area contributed by atoms with Gasteiger partial charge in [-0.2, -0.15) is 0 Å². The summed E-state index contributed by atoms with van der Waals surface area (Å²) in [6, 6.07) is 11.5. The highest BCUT2D eigenvalue weighted by Gasteiger charge is 2.11. The lowest BCUT2D eigenvalue weighted by Crippen LogP contribution is -1.89. The molecule has 0 atom stereocenters. The molecular formula is C15H9ClN4. The van der Waals surface area contributed by atoms with E-state index in [1.807, 2.05) is 30.3 Å². The number of fused-ring (bicyclic) bond motifs is 2. The maximum Gasteiger partial charge on any atom is 0.140 e. The Balaban J connectivity index is 2.06. The Morgan fingerprint density at radius 1 is 0.950 bits per heavy atom. The Bertz CT molecular complexity index is 896. The van der Waals surface area contributed by atoms with Gasteiger partial charge in [-0.1, -0.05) is 23.7 Å². The minimum atomic E-state index is 0.619. The Kier molecular flexibility index (Phi) is 2.44. The monoisotopic (exact) mass is 280 g/mol. The van der Waals surface area contributed by atoms with Crippen LogP contribution in [0.5, 0.6) is 0 Å². The van der Waals surface area contributed by atoms with Crippen molar-refractivity contribution in [2.75, 3.05) is 0 Å². The van der Waals surface area contributed by atoms with E-state index in [9.17, 15) is 0 Å². The summed E-state index contributed by atoms with van der Waals surface area (Å²) in [6.45, 7) is 0. The fourth-order valence-electron chi connectivity index (χ4n) is 2.30. The van der Waals surface area contributed by atoms with E-state index in [0.717, 1.165) is 33.5 Å². The van der Waals surface area contributed by atoms with Gasteiger partial charge in [0.2, 0.25) is 0 Å². The number of benzene rings is 2. The molecular weight excluding hydrogens is 272 g/mol. The molecule has 0 unspecified atom stereocenters. The fourth-order valence-corrected chi connectivity index (χ4v) is 2.51. The average Bonchev–Trinajstić information content (AvgIpc) is 2.90. The highest BCUT2D eigenvalue weighted by Crippen LogP contribution is 2.29. The van der Waals surface area contributed by atoms with Crippen molar-refractivity contribution in [2.45, 2.75) is 0 Å². The molecule has 2 aromatic heterocycles. The summed E-state index contributed by atoms with van der Waals surface area (Å²) in [5.41, 5.74) is 4.31. The summed E-state index contributed by atoms with van der Waals surface area (Å²) in [7, 11) is 0. The molecule has 20 heavy (non-hydrogen) atoms. The highest BCUT2D eigenvalue weighted by molar-refractivity contribution is 6.31. The normalized spacial score (nSPS) is 11.2. The topological polar surface area (TPSA) is 54.5 Å². The first-order chi connectivity index (χ1) is 9.81. The largest absolute Gasteiger partial charge is 0.338 e. The second-order valence-corrected chi connectivity index (χ2v) is 4.92. The lowest BCUT2D eigenvalue weighted by molar-refractivity contribution is 1.27. The molecule has 2 aromatic carbocycles. The third-order valence-corrected chi connectivity index (χ3v) is 3.40. The van der Waals surface area contributed by atoms with Gasteiger partial charge in [0.05, 0.1) is 22.1 Å². The number of nitrogens with zero attached hydrogens (tertiary/aromatic N) is 3. The zero-order valence-corrected chi connectivity index (χ0v) is 11.1. The smallest absolute Gasteiger partial charge is 0.140 e. The van der Waals surface area contributed by atoms with Crippen molar-refractivity contribution in [2.24, 2.45) is 0 Å². The van der Waals surface area contributed by atoms with Crippen LogP contribution in [0.3, 0.4) is 0 Å². The molecule has 4 aromatic rings. The molecule has 0 aliphatic heterocycles. The second kappa shape index (κ2) is 4.28. The van der Waals surface area contributed by atoms with Gasteiger partial charge in [-0.25, -0.2) is 4.98 Å². The first kappa shape index (κ1) is 11.4. The van der Waals surface area contributed by atoms with Crippen LogP contribution in [-0.4, -0.2) is 19.9 Å². The van der Waals surface area contributed by atoms with E-state index in [0.29, 0.717) is 5.02 Å². The standard InChI is InChI=1S/C15H9ClN4/c16-9-7-10(14-13(8-9)17-5-6-18-14)15-19-11-3-1-2-4-12(11)20-15/h1-8H,(H,19,20). The number of rotatable bonds is 1. The summed E-state index contributed by atoms with van der Waals surface area (Å²) in [6.07, 6.45) is 3.32. The number of H-pyrrole nitrogens is 1. The first-order valence-corrected chi connectivity index (χ1v) is 6.54. The maximum atomic E-state index is 6.16. The molecule has 1 N–H and O–H groups in total. The SMILES string of the molecule is Clc1cc(-c2nc3ccccc3[nH]2)c2nccnc2c1. The Labute approximate surface area is 119 Å². The zero-order chi connectivity index (χ0) is 13.5. The van der Waals surface area contributed by atoms with Gasteiger partial charge in [-0.3, -0.25) is 9.97 Å². The van der Waals surface area contributed by atoms with E-state index in [1.165, 1.54) is 0 Å². The molecule has 0 saturated heterocycles. The summed E-state index contributed by atoms with van der Waals surface area (Å²) in [5.74, 6) is 0.749.